The summed E-state index contributed by atoms with van der Waals surface area (Å²) >= 11 is 13.4. The predicted molar refractivity (Wildman–Crippen MR) is 128 cm³/mol. The molecule has 3 N–H and O–H groups in total. The van der Waals surface area contributed by atoms with Gasteiger partial charge in [0.2, 0.25) is 0 Å². The number of hydrogen-bond donors (Lipinski definition) is 3. The number of amides is 3. The number of thiophene rings is 1. The van der Waals surface area contributed by atoms with E-state index < -0.39 is 11.8 Å². The van der Waals surface area contributed by atoms with Gasteiger partial charge in [-0.15, -0.1) is 11.3 Å². The smallest absolute Gasteiger partial charge is 0.281 e. The molecule has 32 heavy (non-hydrogen) atoms. The van der Waals surface area contributed by atoms with Crippen molar-refractivity contribution in [2.24, 2.45) is 0 Å². The molecule has 0 radical (unpaired) electrons. The number of hydrogen-bond acceptors (Lipinski definition) is 4. The fourth-order valence-corrected chi connectivity index (χ4v) is 4.45. The number of rotatable bonds is 4. The van der Waals surface area contributed by atoms with Gasteiger partial charge in [0.05, 0.1) is 5.02 Å². The Morgan fingerprint density at radius 1 is 0.688 bits per heavy atom. The quantitative estimate of drug-likeness (QED) is 0.333. The molecule has 0 atom stereocenters. The Morgan fingerprint density at radius 3 is 1.97 bits per heavy atom. The zero-order valence-electron chi connectivity index (χ0n) is 16.3. The monoisotopic (exact) mass is 483 g/mol. The summed E-state index contributed by atoms with van der Waals surface area (Å²) in [7, 11) is 0. The highest BCUT2D eigenvalue weighted by Gasteiger charge is 2.17. The molecular weight excluding hydrogens is 469 g/mol. The van der Waals surface area contributed by atoms with Gasteiger partial charge in [-0.05, 0) is 54.6 Å². The van der Waals surface area contributed by atoms with Crippen LogP contribution in [-0.4, -0.2) is 17.7 Å². The highest BCUT2D eigenvalue weighted by atomic mass is 35.5. The zero-order chi connectivity index (χ0) is 22.7. The molecule has 3 aromatic carbocycles. The van der Waals surface area contributed by atoms with E-state index in [-0.39, 0.29) is 5.91 Å². The summed E-state index contributed by atoms with van der Waals surface area (Å²) < 4.78 is 0.880. The normalized spacial score (nSPS) is 10.6. The third-order valence-corrected chi connectivity index (χ3v) is 6.47. The first-order chi connectivity index (χ1) is 15.4. The Morgan fingerprint density at radius 2 is 1.28 bits per heavy atom. The number of carbonyl (C=O) groups excluding carboxylic acids is 3. The van der Waals surface area contributed by atoms with Crippen LogP contribution in [0.5, 0.6) is 0 Å². The van der Waals surface area contributed by atoms with Crippen molar-refractivity contribution in [1.82, 2.24) is 10.9 Å². The number of nitrogens with one attached hydrogen (secondary N) is 3. The van der Waals surface area contributed by atoms with Gasteiger partial charge in [-0.25, -0.2) is 0 Å². The summed E-state index contributed by atoms with van der Waals surface area (Å²) in [5.74, 6) is -1.31. The van der Waals surface area contributed by atoms with Crippen LogP contribution in [0.25, 0.3) is 10.1 Å². The van der Waals surface area contributed by atoms with Gasteiger partial charge in [0, 0.05) is 31.9 Å². The van der Waals surface area contributed by atoms with Crippen LogP contribution in [0.2, 0.25) is 10.0 Å². The first-order valence-electron chi connectivity index (χ1n) is 9.37. The summed E-state index contributed by atoms with van der Waals surface area (Å²) in [6, 6.07) is 20.1. The second kappa shape index (κ2) is 9.40. The van der Waals surface area contributed by atoms with Crippen molar-refractivity contribution >= 4 is 68.0 Å². The summed E-state index contributed by atoms with van der Waals surface area (Å²) in [6.45, 7) is 0. The lowest BCUT2D eigenvalue weighted by atomic mass is 10.1. The van der Waals surface area contributed by atoms with E-state index in [1.807, 2.05) is 24.3 Å². The summed E-state index contributed by atoms with van der Waals surface area (Å²) in [5, 5.41) is 4.41. The third-order valence-electron chi connectivity index (χ3n) is 4.54. The molecule has 0 aliphatic carbocycles. The van der Waals surface area contributed by atoms with E-state index in [2.05, 4.69) is 16.2 Å². The minimum Gasteiger partial charge on any atom is -0.322 e. The predicted octanol–water partition coefficient (Wildman–Crippen LogP) is 5.54. The second-order valence-corrected chi connectivity index (χ2v) is 8.55. The molecule has 4 rings (SSSR count). The van der Waals surface area contributed by atoms with Crippen LogP contribution in [0.1, 0.15) is 30.4 Å². The largest absolute Gasteiger partial charge is 0.322 e. The van der Waals surface area contributed by atoms with Crippen LogP contribution in [0.4, 0.5) is 5.69 Å². The molecule has 1 aromatic heterocycles. The fraction of sp³-hybridized carbons (Fsp3) is 0. The van der Waals surface area contributed by atoms with Crippen molar-refractivity contribution in [1.29, 1.82) is 0 Å². The first kappa shape index (κ1) is 21.8. The van der Waals surface area contributed by atoms with Gasteiger partial charge >= 0.3 is 0 Å². The van der Waals surface area contributed by atoms with Gasteiger partial charge in [0.15, 0.2) is 0 Å². The molecular formula is C23H15Cl2N3O3S. The summed E-state index contributed by atoms with van der Waals surface area (Å²) in [4.78, 5) is 37.4. The van der Waals surface area contributed by atoms with E-state index in [9.17, 15) is 14.4 Å². The maximum absolute atomic E-state index is 12.4. The van der Waals surface area contributed by atoms with Crippen LogP contribution in [-0.2, 0) is 0 Å². The summed E-state index contributed by atoms with van der Waals surface area (Å²) in [6.07, 6.45) is 0. The Hall–Kier alpha value is -3.39. The lowest BCUT2D eigenvalue weighted by molar-refractivity contribution is 0.0849. The number of benzene rings is 3. The fourth-order valence-electron chi connectivity index (χ4n) is 2.91. The Bertz CT molecular complexity index is 1320. The van der Waals surface area contributed by atoms with Crippen molar-refractivity contribution in [2.45, 2.75) is 0 Å². The maximum atomic E-state index is 12.4. The van der Waals surface area contributed by atoms with Crippen molar-refractivity contribution in [2.75, 3.05) is 5.32 Å². The lowest BCUT2D eigenvalue weighted by Gasteiger charge is -2.08. The molecule has 1 heterocycles. The minimum atomic E-state index is -0.508. The average Bonchev–Trinajstić information content (AvgIpc) is 3.15. The highest BCUT2D eigenvalue weighted by Crippen LogP contribution is 2.34. The van der Waals surface area contributed by atoms with Gasteiger partial charge in [-0.1, -0.05) is 41.4 Å². The van der Waals surface area contributed by atoms with Crippen LogP contribution < -0.4 is 16.2 Å². The van der Waals surface area contributed by atoms with Crippen molar-refractivity contribution in [3.05, 3.63) is 98.8 Å². The van der Waals surface area contributed by atoms with Crippen LogP contribution in [0, 0.1) is 0 Å². The topological polar surface area (TPSA) is 87.3 Å². The molecule has 0 saturated carbocycles. The molecule has 0 aliphatic rings. The van der Waals surface area contributed by atoms with Gasteiger partial charge in [0.25, 0.3) is 17.7 Å². The number of halogens is 2. The molecule has 0 unspecified atom stereocenters. The van der Waals surface area contributed by atoms with E-state index >= 15 is 0 Å². The molecule has 0 aliphatic heterocycles. The van der Waals surface area contributed by atoms with Crippen LogP contribution >= 0.6 is 34.5 Å². The molecule has 0 fully saturated rings. The average molecular weight is 484 g/mol. The molecule has 0 bridgehead atoms. The minimum absolute atomic E-state index is 0.300. The molecule has 6 nitrogen and oxygen atoms in total. The standard InChI is InChI=1S/C23H15Cl2N3O3S/c24-15-9-5-13(6-10-15)21(29)26-16-11-7-14(8-12-16)22(30)27-28-23(31)20-19(25)17-3-1-2-4-18(17)32-20/h1-12H,(H,26,29)(H,27,30)(H,28,31). The first-order valence-corrected chi connectivity index (χ1v) is 10.9. The molecule has 0 spiro atoms. The second-order valence-electron chi connectivity index (χ2n) is 6.69. The number of fused-ring (bicyclic) bond motifs is 1. The Balaban J connectivity index is 1.36. The molecule has 160 valence electrons. The van der Waals surface area contributed by atoms with Crippen LogP contribution in [0.15, 0.2) is 72.8 Å². The third kappa shape index (κ3) is 4.75. The van der Waals surface area contributed by atoms with Crippen molar-refractivity contribution < 1.29 is 14.4 Å². The number of carbonyl (C=O) groups is 3. The van der Waals surface area contributed by atoms with E-state index in [0.717, 1.165) is 10.1 Å². The zero-order valence-corrected chi connectivity index (χ0v) is 18.6. The number of anilines is 1. The Labute approximate surface area is 197 Å². The van der Waals surface area contributed by atoms with E-state index in [1.165, 1.54) is 23.5 Å². The molecule has 0 saturated heterocycles. The highest BCUT2D eigenvalue weighted by molar-refractivity contribution is 7.21. The molecule has 9 heteroatoms. The molecule has 4 aromatic rings. The van der Waals surface area contributed by atoms with Gasteiger partial charge in [-0.3, -0.25) is 25.2 Å². The Kier molecular flexibility index (Phi) is 6.41. The van der Waals surface area contributed by atoms with Gasteiger partial charge < -0.3 is 5.32 Å². The number of hydrazine groups is 1. The summed E-state index contributed by atoms with van der Waals surface area (Å²) in [5.41, 5.74) is 6.03. The SMILES string of the molecule is O=C(NNC(=O)c1sc2ccccc2c1Cl)c1ccc(NC(=O)c2ccc(Cl)cc2)cc1. The van der Waals surface area contributed by atoms with E-state index in [4.69, 9.17) is 23.2 Å². The molecule has 3 amide bonds. The van der Waals surface area contributed by atoms with Crippen LogP contribution in [0.3, 0.4) is 0 Å². The van der Waals surface area contributed by atoms with Crippen molar-refractivity contribution in [3.8, 4) is 0 Å². The van der Waals surface area contributed by atoms with E-state index in [1.54, 1.807) is 36.4 Å². The van der Waals surface area contributed by atoms with E-state index in [0.29, 0.717) is 31.7 Å². The van der Waals surface area contributed by atoms with Gasteiger partial charge in [-0.2, -0.15) is 0 Å². The lowest BCUT2D eigenvalue weighted by Crippen LogP contribution is -2.41. The maximum Gasteiger partial charge on any atom is 0.281 e. The van der Waals surface area contributed by atoms with Crippen molar-refractivity contribution in [3.63, 3.8) is 0 Å². The van der Waals surface area contributed by atoms with Gasteiger partial charge in [0.1, 0.15) is 4.88 Å².